The molecule has 1 heterocycles. The van der Waals surface area contributed by atoms with Crippen LogP contribution < -0.4 is 23.8 Å². The lowest BCUT2D eigenvalue weighted by Gasteiger charge is -2.31. The van der Waals surface area contributed by atoms with E-state index in [0.29, 0.717) is 23.8 Å². The maximum atomic E-state index is 13.6. The fourth-order valence-corrected chi connectivity index (χ4v) is 4.69. The summed E-state index contributed by atoms with van der Waals surface area (Å²) in [6.07, 6.45) is 0. The molecular formula is C24H31N3O7S. The number of likely N-dealkylation sites (N-methyl/N-ethyl adjacent to an activating group) is 1. The molecule has 0 radical (unpaired) electrons. The first-order valence-electron chi connectivity index (χ1n) is 11.3. The fourth-order valence-electron chi connectivity index (χ4n) is 3.63. The standard InChI is InChI=1S/C24H31N3O7S/c1-5-25-24(29)17(3)26(14-18-8-7-9-20(12-18)32-4)23(28)15-27(35(30,31)6-2)19-10-11-21-22(13-19)34-16-33-21/h7-13,17H,5-6,14-16H2,1-4H3,(H,25,29). The maximum Gasteiger partial charge on any atom is 0.244 e. The van der Waals surface area contributed by atoms with Crippen molar-refractivity contribution >= 4 is 27.5 Å². The van der Waals surface area contributed by atoms with E-state index in [2.05, 4.69) is 5.32 Å². The van der Waals surface area contributed by atoms with Crippen LogP contribution in [0.25, 0.3) is 0 Å². The lowest BCUT2D eigenvalue weighted by molar-refractivity contribution is -0.139. The van der Waals surface area contributed by atoms with Gasteiger partial charge in [0.15, 0.2) is 11.5 Å². The number of methoxy groups -OCH3 is 1. The van der Waals surface area contributed by atoms with Crippen molar-refractivity contribution in [1.29, 1.82) is 0 Å². The zero-order valence-electron chi connectivity index (χ0n) is 20.3. The molecule has 190 valence electrons. The third-order valence-corrected chi connectivity index (χ3v) is 7.37. The molecule has 0 aliphatic carbocycles. The van der Waals surface area contributed by atoms with Crippen LogP contribution in [0.3, 0.4) is 0 Å². The second-order valence-electron chi connectivity index (χ2n) is 7.89. The molecule has 1 N–H and O–H groups in total. The second-order valence-corrected chi connectivity index (χ2v) is 10.1. The molecule has 2 aromatic rings. The summed E-state index contributed by atoms with van der Waals surface area (Å²) < 4.78 is 43.0. The van der Waals surface area contributed by atoms with Gasteiger partial charge in [0.1, 0.15) is 18.3 Å². The smallest absolute Gasteiger partial charge is 0.244 e. The second kappa shape index (κ2) is 11.3. The number of hydrogen-bond donors (Lipinski definition) is 1. The molecule has 2 aromatic carbocycles. The van der Waals surface area contributed by atoms with Crippen molar-refractivity contribution in [2.45, 2.75) is 33.4 Å². The van der Waals surface area contributed by atoms with E-state index in [4.69, 9.17) is 14.2 Å². The Bertz CT molecular complexity index is 1170. The lowest BCUT2D eigenvalue weighted by Crippen LogP contribution is -2.51. The molecule has 0 saturated carbocycles. The molecule has 11 heteroatoms. The van der Waals surface area contributed by atoms with Gasteiger partial charge in [-0.3, -0.25) is 13.9 Å². The first-order chi connectivity index (χ1) is 16.7. The van der Waals surface area contributed by atoms with E-state index in [9.17, 15) is 18.0 Å². The molecule has 0 bridgehead atoms. The van der Waals surface area contributed by atoms with Crippen LogP contribution in [0.1, 0.15) is 26.3 Å². The van der Waals surface area contributed by atoms with Gasteiger partial charge in [0.05, 0.1) is 18.6 Å². The molecule has 10 nitrogen and oxygen atoms in total. The van der Waals surface area contributed by atoms with Crippen LogP contribution in [0, 0.1) is 0 Å². The summed E-state index contributed by atoms with van der Waals surface area (Å²) in [6, 6.07) is 11.0. The van der Waals surface area contributed by atoms with E-state index in [1.165, 1.54) is 25.0 Å². The average molecular weight is 506 g/mol. The Labute approximate surface area is 205 Å². The van der Waals surface area contributed by atoms with Gasteiger partial charge in [0.2, 0.25) is 28.6 Å². The van der Waals surface area contributed by atoms with Gasteiger partial charge in [0.25, 0.3) is 0 Å². The Balaban J connectivity index is 1.94. The van der Waals surface area contributed by atoms with Gasteiger partial charge < -0.3 is 24.4 Å². The highest BCUT2D eigenvalue weighted by Crippen LogP contribution is 2.36. The maximum absolute atomic E-state index is 13.6. The number of sulfonamides is 1. The van der Waals surface area contributed by atoms with Crippen LogP contribution in [0.4, 0.5) is 5.69 Å². The highest BCUT2D eigenvalue weighted by molar-refractivity contribution is 7.92. The molecule has 1 aliphatic rings. The van der Waals surface area contributed by atoms with Crippen LogP contribution in [-0.2, 0) is 26.2 Å². The number of anilines is 1. The Hall–Kier alpha value is -3.47. The number of fused-ring (bicyclic) bond motifs is 1. The van der Waals surface area contributed by atoms with Crippen molar-refractivity contribution in [3.8, 4) is 17.2 Å². The zero-order valence-corrected chi connectivity index (χ0v) is 21.1. The molecule has 1 aliphatic heterocycles. The van der Waals surface area contributed by atoms with E-state index in [-0.39, 0.29) is 30.7 Å². The van der Waals surface area contributed by atoms with Crippen molar-refractivity contribution in [1.82, 2.24) is 10.2 Å². The molecule has 0 saturated heterocycles. The van der Waals surface area contributed by atoms with Crippen LogP contribution in [0.5, 0.6) is 17.2 Å². The summed E-state index contributed by atoms with van der Waals surface area (Å²) >= 11 is 0. The van der Waals surface area contributed by atoms with Crippen molar-refractivity contribution in [3.05, 3.63) is 48.0 Å². The summed E-state index contributed by atoms with van der Waals surface area (Å²) in [7, 11) is -2.29. The summed E-state index contributed by atoms with van der Waals surface area (Å²) in [5.41, 5.74) is 1.01. The summed E-state index contributed by atoms with van der Waals surface area (Å²) in [6.45, 7) is 4.95. The van der Waals surface area contributed by atoms with Crippen LogP contribution in [-0.4, -0.2) is 63.9 Å². The van der Waals surface area contributed by atoms with Crippen molar-refractivity contribution < 1.29 is 32.2 Å². The van der Waals surface area contributed by atoms with E-state index in [1.807, 2.05) is 6.07 Å². The summed E-state index contributed by atoms with van der Waals surface area (Å²) in [5.74, 6) is 0.430. The molecule has 1 unspecified atom stereocenters. The summed E-state index contributed by atoms with van der Waals surface area (Å²) in [5, 5.41) is 2.72. The highest BCUT2D eigenvalue weighted by Gasteiger charge is 2.31. The minimum Gasteiger partial charge on any atom is -0.497 e. The largest absolute Gasteiger partial charge is 0.497 e. The zero-order chi connectivity index (χ0) is 25.6. The van der Waals surface area contributed by atoms with Gasteiger partial charge in [-0.05, 0) is 50.6 Å². The third-order valence-electron chi connectivity index (χ3n) is 5.63. The first-order valence-corrected chi connectivity index (χ1v) is 12.9. The minimum atomic E-state index is -3.83. The monoisotopic (exact) mass is 505 g/mol. The van der Waals surface area contributed by atoms with Gasteiger partial charge >= 0.3 is 0 Å². The number of ether oxygens (including phenoxy) is 3. The lowest BCUT2D eigenvalue weighted by atomic mass is 10.1. The first kappa shape index (κ1) is 26.1. The highest BCUT2D eigenvalue weighted by atomic mass is 32.2. The van der Waals surface area contributed by atoms with Gasteiger partial charge in [-0.25, -0.2) is 8.42 Å². The van der Waals surface area contributed by atoms with Crippen LogP contribution in [0.15, 0.2) is 42.5 Å². The predicted molar refractivity (Wildman–Crippen MR) is 131 cm³/mol. The Kier molecular flexibility index (Phi) is 8.44. The van der Waals surface area contributed by atoms with Gasteiger partial charge in [-0.2, -0.15) is 0 Å². The van der Waals surface area contributed by atoms with Gasteiger partial charge in [-0.15, -0.1) is 0 Å². The number of hydrogen-bond acceptors (Lipinski definition) is 7. The van der Waals surface area contributed by atoms with Crippen LogP contribution in [0.2, 0.25) is 0 Å². The van der Waals surface area contributed by atoms with Crippen molar-refractivity contribution in [2.24, 2.45) is 0 Å². The predicted octanol–water partition coefficient (Wildman–Crippen LogP) is 2.13. The number of amides is 2. The number of benzene rings is 2. The fraction of sp³-hybridized carbons (Fsp3) is 0.417. The number of nitrogens with zero attached hydrogens (tertiary/aromatic N) is 2. The third kappa shape index (κ3) is 6.16. The van der Waals surface area contributed by atoms with Gasteiger partial charge in [-0.1, -0.05) is 12.1 Å². The minimum absolute atomic E-state index is 0.0383. The van der Waals surface area contributed by atoms with Crippen LogP contribution >= 0.6 is 0 Å². The van der Waals surface area contributed by atoms with E-state index in [0.717, 1.165) is 9.87 Å². The number of rotatable bonds is 11. The van der Waals surface area contributed by atoms with E-state index < -0.39 is 28.5 Å². The molecule has 0 aromatic heterocycles. The molecule has 0 spiro atoms. The SMILES string of the molecule is CCNC(=O)C(C)N(Cc1cccc(OC)c1)C(=O)CN(c1ccc2c(c1)OCO2)S(=O)(=O)CC. The quantitative estimate of drug-likeness (QED) is 0.498. The number of carbonyl (C=O) groups excluding carboxylic acids is 2. The Morgan fingerprint density at radius 3 is 2.54 bits per heavy atom. The topological polar surface area (TPSA) is 114 Å². The van der Waals surface area contributed by atoms with Crippen molar-refractivity contribution in [3.63, 3.8) is 0 Å². The average Bonchev–Trinajstić information content (AvgIpc) is 3.33. The molecular weight excluding hydrogens is 474 g/mol. The Morgan fingerprint density at radius 1 is 1.11 bits per heavy atom. The normalized spacial score (nSPS) is 13.1. The molecule has 3 rings (SSSR count). The number of nitrogens with one attached hydrogen (secondary N) is 1. The molecule has 1 atom stereocenters. The van der Waals surface area contributed by atoms with E-state index >= 15 is 0 Å². The molecule has 0 fully saturated rings. The summed E-state index contributed by atoms with van der Waals surface area (Å²) in [4.78, 5) is 27.6. The Morgan fingerprint density at radius 2 is 1.86 bits per heavy atom. The van der Waals surface area contributed by atoms with Gasteiger partial charge in [0, 0.05) is 19.2 Å². The molecule has 2 amide bonds. The number of carbonyl (C=O) groups is 2. The van der Waals surface area contributed by atoms with E-state index in [1.54, 1.807) is 44.2 Å². The molecule has 35 heavy (non-hydrogen) atoms. The van der Waals surface area contributed by atoms with Crippen molar-refractivity contribution in [2.75, 3.05) is 37.1 Å².